The van der Waals surface area contributed by atoms with Gasteiger partial charge in [0.2, 0.25) is 0 Å². The fourth-order valence-electron chi connectivity index (χ4n) is 3.81. The molecule has 2 heterocycles. The molecule has 0 saturated carbocycles. The van der Waals surface area contributed by atoms with Gasteiger partial charge in [-0.15, -0.1) is 0 Å². The van der Waals surface area contributed by atoms with Crippen LogP contribution in [-0.4, -0.2) is 56.6 Å². The summed E-state index contributed by atoms with van der Waals surface area (Å²) in [5.41, 5.74) is 2.96. The Morgan fingerprint density at radius 3 is 2.70 bits per heavy atom. The minimum atomic E-state index is -0.609. The Hall–Kier alpha value is -3.23. The molecule has 1 aromatic heterocycles. The first-order valence-corrected chi connectivity index (χ1v) is 9.61. The average molecular weight is 430 g/mol. The van der Waals surface area contributed by atoms with Crippen LogP contribution in [-0.2, 0) is 0 Å². The van der Waals surface area contributed by atoms with Crippen LogP contribution in [0.25, 0.3) is 11.3 Å². The van der Waals surface area contributed by atoms with Crippen LogP contribution < -0.4 is 4.74 Å². The molecular formula is C21H20ClN3O5. The van der Waals surface area contributed by atoms with Crippen LogP contribution >= 0.6 is 11.6 Å². The molecular weight excluding hydrogens is 410 g/mol. The lowest BCUT2D eigenvalue weighted by Crippen LogP contribution is -2.32. The Bertz CT molecular complexity index is 1140. The quantitative estimate of drug-likeness (QED) is 0.495. The van der Waals surface area contributed by atoms with Crippen molar-refractivity contribution in [2.75, 3.05) is 20.3 Å². The number of H-pyrrole nitrogens is 1. The molecule has 4 N–H and O–H groups in total. The number of aromatic hydroxyl groups is 2. The number of β-amino-alcohol motifs (C(OH)–C–C–N with tert-alkyl or cyclic N) is 1. The molecule has 0 radical (unpaired) electrons. The zero-order valence-corrected chi connectivity index (χ0v) is 17.1. The predicted octanol–water partition coefficient (Wildman–Crippen LogP) is 3.00. The zero-order chi connectivity index (χ0) is 21.6. The summed E-state index contributed by atoms with van der Waals surface area (Å²) in [7, 11) is 1.44. The lowest BCUT2D eigenvalue weighted by Gasteiger charge is -2.26. The lowest BCUT2D eigenvalue weighted by atomic mass is 9.95. The van der Waals surface area contributed by atoms with Gasteiger partial charge in [-0.2, -0.15) is 5.10 Å². The molecule has 3 aromatic rings. The van der Waals surface area contributed by atoms with Crippen molar-refractivity contribution in [3.8, 4) is 28.5 Å². The second-order valence-electron chi connectivity index (χ2n) is 7.04. The number of phenols is 2. The monoisotopic (exact) mass is 429 g/mol. The number of amides is 1. The van der Waals surface area contributed by atoms with Gasteiger partial charge in [-0.05, 0) is 42.3 Å². The van der Waals surface area contributed by atoms with E-state index in [1.165, 1.54) is 18.1 Å². The maximum absolute atomic E-state index is 13.0. The molecule has 30 heavy (non-hydrogen) atoms. The van der Waals surface area contributed by atoms with Crippen LogP contribution in [0.4, 0.5) is 0 Å². The van der Waals surface area contributed by atoms with E-state index in [2.05, 4.69) is 10.2 Å². The van der Waals surface area contributed by atoms with Crippen molar-refractivity contribution in [2.45, 2.75) is 13.0 Å². The number of aryl methyl sites for hydroxylation is 1. The van der Waals surface area contributed by atoms with E-state index in [1.807, 2.05) is 0 Å². The highest BCUT2D eigenvalue weighted by Gasteiger charge is 2.42. The second kappa shape index (κ2) is 7.55. The Morgan fingerprint density at radius 1 is 1.23 bits per heavy atom. The Labute approximate surface area is 177 Å². The number of halogens is 1. The van der Waals surface area contributed by atoms with Crippen LogP contribution in [0.1, 0.15) is 33.2 Å². The average Bonchev–Trinajstić information content (AvgIpc) is 3.25. The van der Waals surface area contributed by atoms with E-state index in [4.69, 9.17) is 16.3 Å². The number of nitrogens with one attached hydrogen (secondary N) is 1. The zero-order valence-electron chi connectivity index (χ0n) is 16.3. The van der Waals surface area contributed by atoms with E-state index in [0.29, 0.717) is 33.0 Å². The number of fused-ring (bicyclic) bond motifs is 1. The molecule has 156 valence electrons. The Balaban J connectivity index is 1.94. The number of hydrogen-bond donors (Lipinski definition) is 4. The van der Waals surface area contributed by atoms with E-state index in [1.54, 1.807) is 31.2 Å². The predicted molar refractivity (Wildman–Crippen MR) is 110 cm³/mol. The van der Waals surface area contributed by atoms with Crippen LogP contribution in [0.2, 0.25) is 5.02 Å². The minimum absolute atomic E-state index is 0.0127. The summed E-state index contributed by atoms with van der Waals surface area (Å²) in [6.45, 7) is 1.64. The highest BCUT2D eigenvalue weighted by molar-refractivity contribution is 6.31. The maximum atomic E-state index is 13.0. The summed E-state index contributed by atoms with van der Waals surface area (Å²) >= 11 is 6.27. The van der Waals surface area contributed by atoms with Crippen molar-refractivity contribution in [1.29, 1.82) is 0 Å². The standard InChI is InChI=1S/C21H20ClN3O5/c1-10-7-15(28)12(9-13(10)22)18-17-19(24-23-18)21(29)25(5-6-26)20(17)11-3-4-14(27)16(8-11)30-2/h3-4,7-9,20,26-28H,5-6H2,1-2H3,(H,23,24)/t20-/m0/s1. The highest BCUT2D eigenvalue weighted by atomic mass is 35.5. The van der Waals surface area contributed by atoms with Gasteiger partial charge in [0.25, 0.3) is 5.91 Å². The molecule has 0 unspecified atom stereocenters. The fraction of sp³-hybridized carbons (Fsp3) is 0.238. The molecule has 9 heteroatoms. The normalized spacial score (nSPS) is 15.5. The van der Waals surface area contributed by atoms with Gasteiger partial charge in [-0.3, -0.25) is 9.89 Å². The number of carbonyl (C=O) groups excluding carboxylic acids is 1. The van der Waals surface area contributed by atoms with Crippen molar-refractivity contribution in [3.63, 3.8) is 0 Å². The minimum Gasteiger partial charge on any atom is -0.507 e. The van der Waals surface area contributed by atoms with Crippen LogP contribution in [0.3, 0.4) is 0 Å². The molecule has 8 nitrogen and oxygen atoms in total. The molecule has 4 rings (SSSR count). The molecule has 1 atom stereocenters. The number of carbonyl (C=O) groups is 1. The molecule has 1 aliphatic rings. The molecule has 0 saturated heterocycles. The van der Waals surface area contributed by atoms with Crippen LogP contribution in [0.15, 0.2) is 30.3 Å². The topological polar surface area (TPSA) is 119 Å². The first-order valence-electron chi connectivity index (χ1n) is 9.23. The smallest absolute Gasteiger partial charge is 0.273 e. The Morgan fingerprint density at radius 2 is 2.00 bits per heavy atom. The van der Waals surface area contributed by atoms with Gasteiger partial charge >= 0.3 is 0 Å². The number of hydrogen-bond acceptors (Lipinski definition) is 6. The number of methoxy groups -OCH3 is 1. The van der Waals surface area contributed by atoms with E-state index in [0.717, 1.165) is 0 Å². The SMILES string of the molecule is COc1cc([C@H]2c3c(-c4cc(Cl)c(C)cc4O)n[nH]c3C(=O)N2CCO)ccc1O. The first-order chi connectivity index (χ1) is 14.4. The number of ether oxygens (including phenoxy) is 1. The number of aliphatic hydroxyl groups is 1. The summed E-state index contributed by atoms with van der Waals surface area (Å²) in [4.78, 5) is 14.5. The highest BCUT2D eigenvalue weighted by Crippen LogP contribution is 2.46. The molecule has 0 aliphatic carbocycles. The fourth-order valence-corrected chi connectivity index (χ4v) is 3.97. The molecule has 2 aromatic carbocycles. The third kappa shape index (κ3) is 3.05. The van der Waals surface area contributed by atoms with Gasteiger partial charge in [0.15, 0.2) is 11.5 Å². The summed E-state index contributed by atoms with van der Waals surface area (Å²) < 4.78 is 5.22. The van der Waals surface area contributed by atoms with Gasteiger partial charge in [-0.1, -0.05) is 17.7 Å². The lowest BCUT2D eigenvalue weighted by molar-refractivity contribution is 0.0706. The van der Waals surface area contributed by atoms with Gasteiger partial charge < -0.3 is 25.0 Å². The number of phenolic OH excluding ortho intramolecular Hbond substituents is 2. The molecule has 1 aliphatic heterocycles. The van der Waals surface area contributed by atoms with E-state index in [9.17, 15) is 20.1 Å². The van der Waals surface area contributed by atoms with Gasteiger partial charge in [0, 0.05) is 22.7 Å². The number of aromatic nitrogens is 2. The van der Waals surface area contributed by atoms with Crippen molar-refractivity contribution < 1.29 is 24.9 Å². The number of benzene rings is 2. The third-order valence-electron chi connectivity index (χ3n) is 5.26. The summed E-state index contributed by atoms with van der Waals surface area (Å²) in [5.74, 6) is -0.118. The van der Waals surface area contributed by atoms with Crippen LogP contribution in [0, 0.1) is 6.92 Å². The summed E-state index contributed by atoms with van der Waals surface area (Å²) in [6, 6.07) is 7.32. The molecule has 0 bridgehead atoms. The third-order valence-corrected chi connectivity index (χ3v) is 5.66. The maximum Gasteiger partial charge on any atom is 0.273 e. The summed E-state index contributed by atoms with van der Waals surface area (Å²) in [6.07, 6.45) is 0. The van der Waals surface area contributed by atoms with Gasteiger partial charge in [-0.25, -0.2) is 0 Å². The van der Waals surface area contributed by atoms with Crippen molar-refractivity contribution in [2.24, 2.45) is 0 Å². The molecule has 0 spiro atoms. The van der Waals surface area contributed by atoms with E-state index >= 15 is 0 Å². The van der Waals surface area contributed by atoms with Crippen molar-refractivity contribution in [3.05, 3.63) is 57.7 Å². The van der Waals surface area contributed by atoms with Crippen molar-refractivity contribution in [1.82, 2.24) is 15.1 Å². The van der Waals surface area contributed by atoms with Gasteiger partial charge in [0.05, 0.1) is 19.8 Å². The summed E-state index contributed by atoms with van der Waals surface area (Å²) in [5, 5.41) is 37.5. The van der Waals surface area contributed by atoms with Crippen LogP contribution in [0.5, 0.6) is 17.2 Å². The number of rotatable bonds is 5. The number of nitrogens with zero attached hydrogens (tertiary/aromatic N) is 2. The Kier molecular flexibility index (Phi) is 5.05. The number of aromatic amines is 1. The molecule has 1 amide bonds. The number of aliphatic hydroxyl groups excluding tert-OH is 1. The second-order valence-corrected chi connectivity index (χ2v) is 7.44. The first kappa shape index (κ1) is 20.1. The van der Waals surface area contributed by atoms with Crippen molar-refractivity contribution >= 4 is 17.5 Å². The van der Waals surface area contributed by atoms with Gasteiger partial charge in [0.1, 0.15) is 17.1 Å². The van der Waals surface area contributed by atoms with E-state index < -0.39 is 6.04 Å². The van der Waals surface area contributed by atoms with E-state index in [-0.39, 0.29) is 42.0 Å². The largest absolute Gasteiger partial charge is 0.507 e. The molecule has 0 fully saturated rings.